The van der Waals surface area contributed by atoms with Gasteiger partial charge in [-0.15, -0.1) is 0 Å². The van der Waals surface area contributed by atoms with Gasteiger partial charge in [-0.25, -0.2) is 8.42 Å². The van der Waals surface area contributed by atoms with E-state index in [9.17, 15) is 13.5 Å². The SMILES string of the molecule is CN(CCCCS(C)(=O)=O)C(CO)C(C)(C)C. The zero-order chi connectivity index (χ0) is 13.7. The van der Waals surface area contributed by atoms with Crippen molar-refractivity contribution in [2.45, 2.75) is 39.7 Å². The summed E-state index contributed by atoms with van der Waals surface area (Å²) in [5.74, 6) is 0.250. The Balaban J connectivity index is 4.05. The Morgan fingerprint density at radius 1 is 1.24 bits per heavy atom. The largest absolute Gasteiger partial charge is 0.395 e. The number of unbranched alkanes of at least 4 members (excludes halogenated alkanes) is 1. The molecule has 1 atom stereocenters. The fourth-order valence-electron chi connectivity index (χ4n) is 1.96. The molecule has 0 aromatic heterocycles. The molecule has 0 aliphatic heterocycles. The van der Waals surface area contributed by atoms with Gasteiger partial charge >= 0.3 is 0 Å². The number of aliphatic hydroxyl groups excluding tert-OH is 1. The minimum Gasteiger partial charge on any atom is -0.395 e. The summed E-state index contributed by atoms with van der Waals surface area (Å²) >= 11 is 0. The maximum absolute atomic E-state index is 11.0. The lowest BCUT2D eigenvalue weighted by molar-refractivity contribution is 0.0654. The van der Waals surface area contributed by atoms with Gasteiger partial charge in [-0.1, -0.05) is 20.8 Å². The summed E-state index contributed by atoms with van der Waals surface area (Å²) in [5.41, 5.74) is 0.0281. The van der Waals surface area contributed by atoms with Crippen LogP contribution in [0, 0.1) is 5.41 Å². The highest BCUT2D eigenvalue weighted by molar-refractivity contribution is 7.90. The van der Waals surface area contributed by atoms with E-state index in [-0.39, 0.29) is 23.8 Å². The van der Waals surface area contributed by atoms with E-state index in [0.717, 1.165) is 13.0 Å². The van der Waals surface area contributed by atoms with E-state index in [1.165, 1.54) is 6.26 Å². The third-order valence-electron chi connectivity index (χ3n) is 2.98. The Hall–Kier alpha value is -0.130. The number of likely N-dealkylation sites (N-methyl/N-ethyl adjacent to an activating group) is 1. The van der Waals surface area contributed by atoms with Crippen LogP contribution in [0.3, 0.4) is 0 Å². The Morgan fingerprint density at radius 2 is 1.76 bits per heavy atom. The van der Waals surface area contributed by atoms with Crippen molar-refractivity contribution >= 4 is 9.84 Å². The first-order valence-corrected chi connectivity index (χ1v) is 8.13. The highest BCUT2D eigenvalue weighted by Crippen LogP contribution is 2.23. The first-order chi connectivity index (χ1) is 7.58. The monoisotopic (exact) mass is 265 g/mol. The zero-order valence-corrected chi connectivity index (χ0v) is 12.5. The third-order valence-corrected chi connectivity index (χ3v) is 4.01. The molecule has 0 aromatic carbocycles. The van der Waals surface area contributed by atoms with E-state index in [4.69, 9.17) is 0 Å². The van der Waals surface area contributed by atoms with Crippen LogP contribution in [0.1, 0.15) is 33.6 Å². The van der Waals surface area contributed by atoms with E-state index in [2.05, 4.69) is 25.7 Å². The minimum atomic E-state index is -2.84. The average Bonchev–Trinajstić information content (AvgIpc) is 2.09. The zero-order valence-electron chi connectivity index (χ0n) is 11.7. The summed E-state index contributed by atoms with van der Waals surface area (Å²) in [6, 6.07) is 0.112. The molecule has 1 unspecified atom stereocenters. The van der Waals surface area contributed by atoms with Crippen molar-refractivity contribution in [2.24, 2.45) is 5.41 Å². The molecule has 0 rings (SSSR count). The molecule has 5 heteroatoms. The van der Waals surface area contributed by atoms with Crippen LogP contribution in [0.15, 0.2) is 0 Å². The van der Waals surface area contributed by atoms with Gasteiger partial charge in [0.05, 0.1) is 6.61 Å². The van der Waals surface area contributed by atoms with Crippen molar-refractivity contribution < 1.29 is 13.5 Å². The molecule has 0 aromatic rings. The molecule has 104 valence electrons. The van der Waals surface area contributed by atoms with Gasteiger partial charge in [0.2, 0.25) is 0 Å². The van der Waals surface area contributed by atoms with Gasteiger partial charge < -0.3 is 10.0 Å². The lowest BCUT2D eigenvalue weighted by Crippen LogP contribution is -2.44. The quantitative estimate of drug-likeness (QED) is 0.702. The first-order valence-electron chi connectivity index (χ1n) is 6.07. The number of hydrogen-bond donors (Lipinski definition) is 1. The van der Waals surface area contributed by atoms with Crippen LogP contribution in [0.2, 0.25) is 0 Å². The second kappa shape index (κ2) is 6.71. The molecule has 0 fully saturated rings. The second-order valence-electron chi connectivity index (χ2n) is 5.88. The number of rotatable bonds is 7. The molecule has 0 saturated carbocycles. The molecule has 4 nitrogen and oxygen atoms in total. The Morgan fingerprint density at radius 3 is 2.12 bits per heavy atom. The maximum Gasteiger partial charge on any atom is 0.147 e. The van der Waals surface area contributed by atoms with Crippen molar-refractivity contribution in [1.82, 2.24) is 4.90 Å². The van der Waals surface area contributed by atoms with Gasteiger partial charge in [0.15, 0.2) is 0 Å². The van der Waals surface area contributed by atoms with Gasteiger partial charge in [0.1, 0.15) is 9.84 Å². The van der Waals surface area contributed by atoms with Crippen molar-refractivity contribution in [1.29, 1.82) is 0 Å². The molecular weight excluding hydrogens is 238 g/mol. The number of sulfone groups is 1. The predicted molar refractivity (Wildman–Crippen MR) is 71.9 cm³/mol. The predicted octanol–water partition coefficient (Wildman–Crippen LogP) is 1.15. The molecular formula is C12H27NO3S. The lowest BCUT2D eigenvalue weighted by atomic mass is 9.86. The van der Waals surface area contributed by atoms with E-state index in [1.54, 1.807) is 0 Å². The summed E-state index contributed by atoms with van der Waals surface area (Å²) in [7, 11) is -0.865. The smallest absolute Gasteiger partial charge is 0.147 e. The lowest BCUT2D eigenvalue weighted by Gasteiger charge is -2.36. The molecule has 17 heavy (non-hydrogen) atoms. The first kappa shape index (κ1) is 16.9. The second-order valence-corrected chi connectivity index (χ2v) is 8.14. The highest BCUT2D eigenvalue weighted by atomic mass is 32.2. The topological polar surface area (TPSA) is 57.6 Å². The normalized spacial score (nSPS) is 15.2. The van der Waals surface area contributed by atoms with E-state index in [0.29, 0.717) is 6.42 Å². The Bertz CT molecular complexity index is 306. The van der Waals surface area contributed by atoms with Crippen molar-refractivity contribution in [2.75, 3.05) is 32.2 Å². The standard InChI is InChI=1S/C12H27NO3S/c1-12(2,3)11(10-14)13(4)8-6-7-9-17(5,15)16/h11,14H,6-10H2,1-5H3. The fraction of sp³-hybridized carbons (Fsp3) is 1.00. The number of hydrogen-bond acceptors (Lipinski definition) is 4. The maximum atomic E-state index is 11.0. The fourth-order valence-corrected chi connectivity index (χ4v) is 2.68. The van der Waals surface area contributed by atoms with Gasteiger partial charge in [-0.2, -0.15) is 0 Å². The van der Waals surface area contributed by atoms with Crippen molar-refractivity contribution in [3.8, 4) is 0 Å². The summed E-state index contributed by atoms with van der Waals surface area (Å²) in [5, 5.41) is 9.38. The van der Waals surface area contributed by atoms with Gasteiger partial charge in [-0.3, -0.25) is 0 Å². The molecule has 0 aliphatic carbocycles. The minimum absolute atomic E-state index is 0.0281. The summed E-state index contributed by atoms with van der Waals surface area (Å²) < 4.78 is 21.9. The number of aliphatic hydroxyl groups is 1. The third kappa shape index (κ3) is 7.73. The Kier molecular flexibility index (Phi) is 6.66. The van der Waals surface area contributed by atoms with Crippen LogP contribution >= 0.6 is 0 Å². The average molecular weight is 265 g/mol. The van der Waals surface area contributed by atoms with Crippen molar-refractivity contribution in [3.63, 3.8) is 0 Å². The van der Waals surface area contributed by atoms with Gasteiger partial charge in [-0.05, 0) is 31.8 Å². The van der Waals surface area contributed by atoms with Crippen molar-refractivity contribution in [3.05, 3.63) is 0 Å². The molecule has 0 bridgehead atoms. The van der Waals surface area contributed by atoms with Crippen LogP contribution in [-0.4, -0.2) is 56.7 Å². The van der Waals surface area contributed by atoms with E-state index >= 15 is 0 Å². The van der Waals surface area contributed by atoms with E-state index in [1.807, 2.05) is 7.05 Å². The molecule has 0 spiro atoms. The van der Waals surface area contributed by atoms with Crippen LogP contribution in [-0.2, 0) is 9.84 Å². The summed E-state index contributed by atoms with van der Waals surface area (Å²) in [6.07, 6.45) is 2.80. The molecule has 0 heterocycles. The molecule has 1 N–H and O–H groups in total. The highest BCUT2D eigenvalue weighted by Gasteiger charge is 2.27. The summed E-state index contributed by atoms with van der Waals surface area (Å²) in [4.78, 5) is 2.11. The van der Waals surface area contributed by atoms with Gasteiger partial charge in [0, 0.05) is 18.1 Å². The summed E-state index contributed by atoms with van der Waals surface area (Å²) in [6.45, 7) is 7.24. The Labute approximate surface area is 106 Å². The van der Waals surface area contributed by atoms with Crippen LogP contribution in [0.25, 0.3) is 0 Å². The molecule has 0 aliphatic rings. The van der Waals surface area contributed by atoms with Crippen LogP contribution in [0.5, 0.6) is 0 Å². The molecule has 0 saturated heterocycles. The number of nitrogens with zero attached hydrogens (tertiary/aromatic N) is 1. The van der Waals surface area contributed by atoms with Gasteiger partial charge in [0.25, 0.3) is 0 Å². The molecule has 0 radical (unpaired) electrons. The van der Waals surface area contributed by atoms with Crippen LogP contribution in [0.4, 0.5) is 0 Å². The van der Waals surface area contributed by atoms with E-state index < -0.39 is 9.84 Å². The van der Waals surface area contributed by atoms with Crippen LogP contribution < -0.4 is 0 Å². The molecule has 0 amide bonds.